The van der Waals surface area contributed by atoms with E-state index in [1.54, 1.807) is 0 Å². The molecule has 17 heavy (non-hydrogen) atoms. The fourth-order valence-electron chi connectivity index (χ4n) is 1.34. The number of hydrogen-bond donors (Lipinski definition) is 1. The van der Waals surface area contributed by atoms with Crippen molar-refractivity contribution in [2.24, 2.45) is 7.05 Å². The Labute approximate surface area is 105 Å². The van der Waals surface area contributed by atoms with Gasteiger partial charge in [-0.3, -0.25) is 9.36 Å². The minimum absolute atomic E-state index is 0.000973. The van der Waals surface area contributed by atoms with Gasteiger partial charge in [0, 0.05) is 20.1 Å². The molecule has 7 heteroatoms. The maximum Gasteiger partial charge on any atom is 0.313 e. The van der Waals surface area contributed by atoms with Crippen molar-refractivity contribution in [3.05, 3.63) is 0 Å². The van der Waals surface area contributed by atoms with Crippen LogP contribution in [-0.2, 0) is 11.8 Å². The van der Waals surface area contributed by atoms with E-state index >= 15 is 0 Å². The summed E-state index contributed by atoms with van der Waals surface area (Å²) >= 11 is 1.18. The number of thioether (sulfide) groups is 1. The zero-order valence-electron chi connectivity index (χ0n) is 10.5. The van der Waals surface area contributed by atoms with Crippen LogP contribution >= 0.6 is 11.8 Å². The Hall–Kier alpha value is -1.24. The fourth-order valence-corrected chi connectivity index (χ4v) is 1.96. The summed E-state index contributed by atoms with van der Waals surface area (Å²) in [6.07, 6.45) is 1.01. The van der Waals surface area contributed by atoms with E-state index in [2.05, 4.69) is 24.0 Å². The SMILES string of the molecule is CCC(C)N(C)c1nnc(SCC(=O)O)n1C. The molecule has 96 valence electrons. The van der Waals surface area contributed by atoms with Gasteiger partial charge in [-0.1, -0.05) is 18.7 Å². The molecule has 1 aromatic heterocycles. The Balaban J connectivity index is 2.79. The van der Waals surface area contributed by atoms with Gasteiger partial charge < -0.3 is 10.0 Å². The third-order valence-electron chi connectivity index (χ3n) is 2.70. The average molecular weight is 258 g/mol. The quantitative estimate of drug-likeness (QED) is 0.774. The number of aromatic nitrogens is 3. The first-order valence-electron chi connectivity index (χ1n) is 5.44. The molecule has 0 fully saturated rings. The molecule has 1 atom stereocenters. The van der Waals surface area contributed by atoms with E-state index in [-0.39, 0.29) is 5.75 Å². The zero-order valence-corrected chi connectivity index (χ0v) is 11.4. The van der Waals surface area contributed by atoms with Gasteiger partial charge in [0.05, 0.1) is 5.75 Å². The molecule has 0 aliphatic carbocycles. The fraction of sp³-hybridized carbons (Fsp3) is 0.700. The standard InChI is InChI=1S/C10H18N4O2S/c1-5-7(2)13(3)9-11-12-10(14(9)4)17-6-8(15)16/h7H,5-6H2,1-4H3,(H,15,16). The number of carboxylic acids is 1. The van der Waals surface area contributed by atoms with Crippen LogP contribution in [0, 0.1) is 0 Å². The summed E-state index contributed by atoms with van der Waals surface area (Å²) in [4.78, 5) is 12.5. The van der Waals surface area contributed by atoms with Crippen LogP contribution in [0.2, 0.25) is 0 Å². The molecular weight excluding hydrogens is 240 g/mol. The zero-order chi connectivity index (χ0) is 13.0. The first-order chi connectivity index (χ1) is 7.97. The lowest BCUT2D eigenvalue weighted by Gasteiger charge is -2.24. The van der Waals surface area contributed by atoms with Gasteiger partial charge in [0.1, 0.15) is 0 Å². The van der Waals surface area contributed by atoms with Crippen molar-refractivity contribution in [3.8, 4) is 0 Å². The number of carboxylic acid groups (broad SMARTS) is 1. The van der Waals surface area contributed by atoms with Crippen molar-refractivity contribution in [1.29, 1.82) is 0 Å². The van der Waals surface area contributed by atoms with Crippen molar-refractivity contribution >= 4 is 23.7 Å². The average Bonchev–Trinajstić information content (AvgIpc) is 2.66. The molecule has 0 saturated carbocycles. The van der Waals surface area contributed by atoms with Crippen LogP contribution in [0.1, 0.15) is 20.3 Å². The summed E-state index contributed by atoms with van der Waals surface area (Å²) in [6, 6.07) is 0.371. The second-order valence-electron chi connectivity index (χ2n) is 3.89. The van der Waals surface area contributed by atoms with Crippen LogP contribution in [0.5, 0.6) is 0 Å². The Bertz CT molecular complexity index is 394. The topological polar surface area (TPSA) is 71.2 Å². The Kier molecular flexibility index (Phi) is 4.80. The summed E-state index contributed by atoms with van der Waals surface area (Å²) in [5.41, 5.74) is 0. The molecule has 0 aliphatic heterocycles. The van der Waals surface area contributed by atoms with Gasteiger partial charge in [0.15, 0.2) is 5.16 Å². The van der Waals surface area contributed by atoms with E-state index < -0.39 is 5.97 Å². The number of anilines is 1. The Morgan fingerprint density at radius 1 is 1.59 bits per heavy atom. The lowest BCUT2D eigenvalue weighted by Crippen LogP contribution is -2.30. The van der Waals surface area contributed by atoms with Crippen molar-refractivity contribution in [3.63, 3.8) is 0 Å². The molecule has 1 aromatic rings. The molecule has 1 N–H and O–H groups in total. The van der Waals surface area contributed by atoms with Crippen molar-refractivity contribution in [2.45, 2.75) is 31.5 Å². The van der Waals surface area contributed by atoms with Gasteiger partial charge in [-0.25, -0.2) is 0 Å². The van der Waals surface area contributed by atoms with E-state index in [1.165, 1.54) is 11.8 Å². The summed E-state index contributed by atoms with van der Waals surface area (Å²) < 4.78 is 1.82. The highest BCUT2D eigenvalue weighted by Crippen LogP contribution is 2.21. The van der Waals surface area contributed by atoms with Crippen molar-refractivity contribution in [2.75, 3.05) is 17.7 Å². The molecule has 0 aromatic carbocycles. The van der Waals surface area contributed by atoms with Crippen LogP contribution in [-0.4, -0.2) is 44.7 Å². The van der Waals surface area contributed by atoms with Gasteiger partial charge in [-0.2, -0.15) is 0 Å². The first kappa shape index (κ1) is 13.8. The highest BCUT2D eigenvalue weighted by Gasteiger charge is 2.16. The molecule has 1 unspecified atom stereocenters. The molecule has 0 spiro atoms. The van der Waals surface area contributed by atoms with E-state index in [9.17, 15) is 4.79 Å². The molecular formula is C10H18N4O2S. The molecule has 0 radical (unpaired) electrons. The molecule has 0 aliphatic rings. The lowest BCUT2D eigenvalue weighted by molar-refractivity contribution is -0.133. The number of carbonyl (C=O) groups is 1. The second-order valence-corrected chi connectivity index (χ2v) is 4.83. The summed E-state index contributed by atoms with van der Waals surface area (Å²) in [7, 11) is 3.81. The van der Waals surface area contributed by atoms with E-state index in [4.69, 9.17) is 5.11 Å². The molecule has 1 rings (SSSR count). The summed E-state index contributed by atoms with van der Waals surface area (Å²) in [5, 5.41) is 17.3. The molecule has 0 amide bonds. The monoisotopic (exact) mass is 258 g/mol. The summed E-state index contributed by atoms with van der Waals surface area (Å²) in [5.74, 6) is -0.0963. The smallest absolute Gasteiger partial charge is 0.313 e. The minimum atomic E-state index is -0.852. The van der Waals surface area contributed by atoms with Gasteiger partial charge in [-0.15, -0.1) is 10.2 Å². The molecule has 0 saturated heterocycles. The third kappa shape index (κ3) is 3.36. The largest absolute Gasteiger partial charge is 0.481 e. The highest BCUT2D eigenvalue weighted by atomic mass is 32.2. The lowest BCUT2D eigenvalue weighted by atomic mass is 10.2. The van der Waals surface area contributed by atoms with E-state index in [0.29, 0.717) is 11.2 Å². The molecule has 0 bridgehead atoms. The second kappa shape index (κ2) is 5.90. The Morgan fingerprint density at radius 3 is 2.76 bits per heavy atom. The van der Waals surface area contributed by atoms with Gasteiger partial charge in [0.25, 0.3) is 0 Å². The van der Waals surface area contributed by atoms with Crippen LogP contribution < -0.4 is 4.90 Å². The minimum Gasteiger partial charge on any atom is -0.481 e. The van der Waals surface area contributed by atoms with E-state index in [1.807, 2.05) is 23.6 Å². The highest BCUT2D eigenvalue weighted by molar-refractivity contribution is 7.99. The molecule has 1 heterocycles. The Morgan fingerprint density at radius 2 is 2.24 bits per heavy atom. The van der Waals surface area contributed by atoms with Crippen molar-refractivity contribution in [1.82, 2.24) is 14.8 Å². The van der Waals surface area contributed by atoms with Crippen LogP contribution in [0.25, 0.3) is 0 Å². The van der Waals surface area contributed by atoms with Crippen LogP contribution in [0.4, 0.5) is 5.95 Å². The van der Waals surface area contributed by atoms with Gasteiger partial charge >= 0.3 is 5.97 Å². The number of nitrogens with zero attached hydrogens (tertiary/aromatic N) is 4. The predicted octanol–water partition coefficient (Wildman–Crippen LogP) is 1.23. The van der Waals surface area contributed by atoms with Gasteiger partial charge in [-0.05, 0) is 13.3 Å². The normalized spacial score (nSPS) is 12.5. The van der Waals surface area contributed by atoms with Crippen LogP contribution in [0.15, 0.2) is 5.16 Å². The maximum atomic E-state index is 10.5. The van der Waals surface area contributed by atoms with Crippen molar-refractivity contribution < 1.29 is 9.90 Å². The van der Waals surface area contributed by atoms with Gasteiger partial charge in [0.2, 0.25) is 5.95 Å². The maximum absolute atomic E-state index is 10.5. The first-order valence-corrected chi connectivity index (χ1v) is 6.42. The van der Waals surface area contributed by atoms with E-state index in [0.717, 1.165) is 12.4 Å². The number of hydrogen-bond acceptors (Lipinski definition) is 5. The number of rotatable bonds is 6. The summed E-state index contributed by atoms with van der Waals surface area (Å²) in [6.45, 7) is 4.22. The van der Waals surface area contributed by atoms with Crippen LogP contribution in [0.3, 0.4) is 0 Å². The third-order valence-corrected chi connectivity index (χ3v) is 3.71. The number of aliphatic carboxylic acids is 1. The molecule has 6 nitrogen and oxygen atoms in total. The predicted molar refractivity (Wildman–Crippen MR) is 67.5 cm³/mol.